The summed E-state index contributed by atoms with van der Waals surface area (Å²) in [6, 6.07) is 8.94. The lowest BCUT2D eigenvalue weighted by atomic mass is 10.1. The van der Waals surface area contributed by atoms with E-state index in [2.05, 4.69) is 20.4 Å². The molecule has 2 heterocycles. The molecule has 28 heavy (non-hydrogen) atoms. The van der Waals surface area contributed by atoms with Gasteiger partial charge < -0.3 is 10.1 Å². The molecular formula is C21H25N5O2. The van der Waals surface area contributed by atoms with Crippen LogP contribution in [0.1, 0.15) is 37.2 Å². The summed E-state index contributed by atoms with van der Waals surface area (Å²) in [6.45, 7) is 10.0. The fourth-order valence-corrected chi connectivity index (χ4v) is 2.76. The molecule has 0 fully saturated rings. The molecule has 7 heteroatoms. The predicted octanol–water partition coefficient (Wildman–Crippen LogP) is 4.36. The van der Waals surface area contributed by atoms with E-state index in [1.54, 1.807) is 35.0 Å². The molecule has 0 aliphatic rings. The zero-order valence-corrected chi connectivity index (χ0v) is 16.9. The van der Waals surface area contributed by atoms with Crippen LogP contribution in [0, 0.1) is 26.7 Å². The van der Waals surface area contributed by atoms with Crippen LogP contribution in [0.3, 0.4) is 0 Å². The van der Waals surface area contributed by atoms with E-state index >= 15 is 0 Å². The van der Waals surface area contributed by atoms with Crippen LogP contribution in [0.4, 0.5) is 5.69 Å². The van der Waals surface area contributed by atoms with Crippen molar-refractivity contribution in [1.29, 1.82) is 0 Å². The lowest BCUT2D eigenvalue weighted by molar-refractivity contribution is -0.116. The Labute approximate surface area is 164 Å². The molecule has 0 aliphatic carbocycles. The molecule has 1 aromatic carbocycles. The van der Waals surface area contributed by atoms with E-state index in [4.69, 9.17) is 4.74 Å². The standard InChI is InChI=1S/C21H25N5O2/c1-13(2)10-20(27)24-17-6-8-18(9-7-17)28-21-11-19(22-12-23-21)26-16(5)14(3)15(4)25-26/h6-9,11-13H,10H2,1-5H3,(H,24,27). The van der Waals surface area contributed by atoms with Crippen molar-refractivity contribution in [3.8, 4) is 17.4 Å². The molecule has 0 atom stereocenters. The van der Waals surface area contributed by atoms with Gasteiger partial charge >= 0.3 is 0 Å². The van der Waals surface area contributed by atoms with Crippen LogP contribution in [-0.4, -0.2) is 25.7 Å². The minimum Gasteiger partial charge on any atom is -0.439 e. The summed E-state index contributed by atoms with van der Waals surface area (Å²) in [5.74, 6) is 2.02. The zero-order chi connectivity index (χ0) is 20.3. The van der Waals surface area contributed by atoms with Crippen LogP contribution in [0.15, 0.2) is 36.7 Å². The molecule has 0 saturated carbocycles. The summed E-state index contributed by atoms with van der Waals surface area (Å²) in [5, 5.41) is 7.40. The maximum atomic E-state index is 11.9. The number of carbonyl (C=O) groups is 1. The highest BCUT2D eigenvalue weighted by Crippen LogP contribution is 2.23. The van der Waals surface area contributed by atoms with Gasteiger partial charge in [0.25, 0.3) is 0 Å². The summed E-state index contributed by atoms with van der Waals surface area (Å²) in [5.41, 5.74) is 3.87. The molecule has 3 aromatic rings. The Kier molecular flexibility index (Phi) is 5.73. The minimum absolute atomic E-state index is 0.00397. The fraction of sp³-hybridized carbons (Fsp3) is 0.333. The van der Waals surface area contributed by atoms with Gasteiger partial charge in [0.1, 0.15) is 12.1 Å². The first kappa shape index (κ1) is 19.5. The van der Waals surface area contributed by atoms with Crippen molar-refractivity contribution in [2.45, 2.75) is 41.0 Å². The number of amides is 1. The number of aromatic nitrogens is 4. The number of benzene rings is 1. The maximum absolute atomic E-state index is 11.9. The summed E-state index contributed by atoms with van der Waals surface area (Å²) in [4.78, 5) is 20.3. The molecule has 7 nitrogen and oxygen atoms in total. The minimum atomic E-state index is 0.00397. The highest BCUT2D eigenvalue weighted by atomic mass is 16.5. The van der Waals surface area contributed by atoms with Gasteiger partial charge in [-0.3, -0.25) is 4.79 Å². The van der Waals surface area contributed by atoms with E-state index in [1.165, 1.54) is 6.33 Å². The van der Waals surface area contributed by atoms with Gasteiger partial charge in [-0.2, -0.15) is 5.10 Å². The third-order valence-electron chi connectivity index (χ3n) is 4.45. The quantitative estimate of drug-likeness (QED) is 0.688. The van der Waals surface area contributed by atoms with Crippen molar-refractivity contribution < 1.29 is 9.53 Å². The highest BCUT2D eigenvalue weighted by molar-refractivity contribution is 5.90. The SMILES string of the molecule is Cc1nn(-c2cc(Oc3ccc(NC(=O)CC(C)C)cc3)ncn2)c(C)c1C. The van der Waals surface area contributed by atoms with Crippen molar-refractivity contribution >= 4 is 11.6 Å². The van der Waals surface area contributed by atoms with E-state index < -0.39 is 0 Å². The fourth-order valence-electron chi connectivity index (χ4n) is 2.76. The summed E-state index contributed by atoms with van der Waals surface area (Å²) in [6.07, 6.45) is 1.95. The lowest BCUT2D eigenvalue weighted by Gasteiger charge is -2.09. The number of hydrogen-bond donors (Lipinski definition) is 1. The Hall–Kier alpha value is -3.22. The summed E-state index contributed by atoms with van der Waals surface area (Å²) in [7, 11) is 0. The highest BCUT2D eigenvalue weighted by Gasteiger charge is 2.11. The molecule has 0 radical (unpaired) electrons. The van der Waals surface area contributed by atoms with Crippen molar-refractivity contribution in [3.05, 3.63) is 53.6 Å². The van der Waals surface area contributed by atoms with E-state index in [9.17, 15) is 4.79 Å². The molecule has 3 rings (SSSR count). The first-order valence-corrected chi connectivity index (χ1v) is 9.26. The maximum Gasteiger partial charge on any atom is 0.224 e. The van der Waals surface area contributed by atoms with Crippen LogP contribution in [0.25, 0.3) is 5.82 Å². The van der Waals surface area contributed by atoms with E-state index in [-0.39, 0.29) is 5.91 Å². The molecule has 1 amide bonds. The molecule has 146 valence electrons. The molecule has 0 unspecified atom stereocenters. The number of aryl methyl sites for hydroxylation is 1. The van der Waals surface area contributed by atoms with Gasteiger partial charge in [0.05, 0.1) is 5.69 Å². The van der Waals surface area contributed by atoms with Crippen molar-refractivity contribution in [2.75, 3.05) is 5.32 Å². The number of anilines is 1. The second kappa shape index (κ2) is 8.21. The normalized spacial score (nSPS) is 10.9. The molecule has 0 bridgehead atoms. The first-order valence-electron chi connectivity index (χ1n) is 9.26. The largest absolute Gasteiger partial charge is 0.439 e. The number of rotatable bonds is 6. The van der Waals surface area contributed by atoms with Gasteiger partial charge in [0, 0.05) is 23.9 Å². The van der Waals surface area contributed by atoms with Gasteiger partial charge in [-0.1, -0.05) is 13.8 Å². The Balaban J connectivity index is 1.72. The summed E-state index contributed by atoms with van der Waals surface area (Å²) < 4.78 is 7.62. The monoisotopic (exact) mass is 379 g/mol. The second-order valence-electron chi connectivity index (χ2n) is 7.19. The Bertz CT molecular complexity index is 977. The second-order valence-corrected chi connectivity index (χ2v) is 7.19. The van der Waals surface area contributed by atoms with Crippen molar-refractivity contribution in [3.63, 3.8) is 0 Å². The lowest BCUT2D eigenvalue weighted by Crippen LogP contribution is -2.13. The Morgan fingerprint density at radius 1 is 1.14 bits per heavy atom. The van der Waals surface area contributed by atoms with Crippen LogP contribution in [0.5, 0.6) is 11.6 Å². The molecular weight excluding hydrogens is 354 g/mol. The Morgan fingerprint density at radius 3 is 2.46 bits per heavy atom. The van der Waals surface area contributed by atoms with Crippen LogP contribution < -0.4 is 10.1 Å². The van der Waals surface area contributed by atoms with Crippen LogP contribution in [-0.2, 0) is 4.79 Å². The number of nitrogens with one attached hydrogen (secondary N) is 1. The average Bonchev–Trinajstić information content (AvgIpc) is 2.90. The molecule has 0 aliphatic heterocycles. The zero-order valence-electron chi connectivity index (χ0n) is 16.9. The van der Waals surface area contributed by atoms with Crippen LogP contribution in [0.2, 0.25) is 0 Å². The Morgan fingerprint density at radius 2 is 1.86 bits per heavy atom. The van der Waals surface area contributed by atoms with Crippen LogP contribution >= 0.6 is 0 Å². The third kappa shape index (κ3) is 4.54. The molecule has 1 N–H and O–H groups in total. The molecule has 0 saturated heterocycles. The third-order valence-corrected chi connectivity index (χ3v) is 4.45. The average molecular weight is 379 g/mol. The predicted molar refractivity (Wildman–Crippen MR) is 108 cm³/mol. The molecule has 0 spiro atoms. The molecule has 2 aromatic heterocycles. The smallest absolute Gasteiger partial charge is 0.224 e. The number of hydrogen-bond acceptors (Lipinski definition) is 5. The van der Waals surface area contributed by atoms with Gasteiger partial charge in [0.15, 0.2) is 5.82 Å². The van der Waals surface area contributed by atoms with Gasteiger partial charge in [-0.05, 0) is 56.5 Å². The summed E-state index contributed by atoms with van der Waals surface area (Å²) >= 11 is 0. The van der Waals surface area contributed by atoms with E-state index in [0.29, 0.717) is 29.8 Å². The number of ether oxygens (including phenoxy) is 1. The van der Waals surface area contributed by atoms with Crippen molar-refractivity contribution in [1.82, 2.24) is 19.7 Å². The van der Waals surface area contributed by atoms with Gasteiger partial charge in [-0.15, -0.1) is 0 Å². The topological polar surface area (TPSA) is 81.9 Å². The number of carbonyl (C=O) groups excluding carboxylic acids is 1. The number of nitrogens with zero attached hydrogens (tertiary/aromatic N) is 4. The van der Waals surface area contributed by atoms with Gasteiger partial charge in [-0.25, -0.2) is 14.6 Å². The van der Waals surface area contributed by atoms with E-state index in [0.717, 1.165) is 22.6 Å². The van der Waals surface area contributed by atoms with Gasteiger partial charge in [0.2, 0.25) is 11.8 Å². The van der Waals surface area contributed by atoms with Crippen molar-refractivity contribution in [2.24, 2.45) is 5.92 Å². The van der Waals surface area contributed by atoms with E-state index in [1.807, 2.05) is 34.6 Å². The first-order chi connectivity index (χ1) is 13.3.